The first-order valence-electron chi connectivity index (χ1n) is 11.3. The second-order valence-electron chi connectivity index (χ2n) is 8.12. The smallest absolute Gasteiger partial charge is 0.237 e. The van der Waals surface area contributed by atoms with Crippen LogP contribution in [-0.4, -0.2) is 31.3 Å². The fraction of sp³-hybridized carbons (Fsp3) is 0.400. The van der Waals surface area contributed by atoms with Gasteiger partial charge in [0.15, 0.2) is 11.0 Å². The number of carbonyl (C=O) groups is 1. The largest absolute Gasteiger partial charge is 0.467 e. The Morgan fingerprint density at radius 2 is 2.12 bits per heavy atom. The quantitative estimate of drug-likeness (QED) is 0.384. The maximum atomic E-state index is 13.3. The molecule has 6 nitrogen and oxygen atoms in total. The van der Waals surface area contributed by atoms with Crippen LogP contribution < -0.4 is 0 Å². The van der Waals surface area contributed by atoms with Crippen LogP contribution in [0.1, 0.15) is 50.4 Å². The van der Waals surface area contributed by atoms with Gasteiger partial charge in [-0.2, -0.15) is 0 Å². The second kappa shape index (κ2) is 10.7. The summed E-state index contributed by atoms with van der Waals surface area (Å²) >= 11 is 1.46. The average molecular weight is 451 g/mol. The summed E-state index contributed by atoms with van der Waals surface area (Å²) in [4.78, 5) is 15.2. The van der Waals surface area contributed by atoms with Gasteiger partial charge in [0.2, 0.25) is 5.91 Å². The van der Waals surface area contributed by atoms with Crippen LogP contribution in [0.2, 0.25) is 0 Å². The van der Waals surface area contributed by atoms with Crippen LogP contribution in [0.25, 0.3) is 11.4 Å². The fourth-order valence-corrected chi connectivity index (χ4v) is 4.84. The Labute approximate surface area is 193 Å². The van der Waals surface area contributed by atoms with Gasteiger partial charge in [-0.15, -0.1) is 10.2 Å². The molecule has 2 heterocycles. The summed E-state index contributed by atoms with van der Waals surface area (Å²) in [6, 6.07) is 12.1. The molecule has 4 rings (SSSR count). The van der Waals surface area contributed by atoms with E-state index in [1.165, 1.54) is 23.7 Å². The van der Waals surface area contributed by atoms with Gasteiger partial charge in [0.1, 0.15) is 5.76 Å². The summed E-state index contributed by atoms with van der Waals surface area (Å²) in [5.41, 5.74) is 3.34. The average Bonchev–Trinajstić information content (AvgIpc) is 3.47. The lowest BCUT2D eigenvalue weighted by molar-refractivity contribution is -0.127. The first-order chi connectivity index (χ1) is 15.7. The third-order valence-corrected chi connectivity index (χ3v) is 6.53. The molecule has 0 saturated carbocycles. The lowest BCUT2D eigenvalue weighted by atomic mass is 10.0. The predicted octanol–water partition coefficient (Wildman–Crippen LogP) is 5.84. The highest BCUT2D eigenvalue weighted by Crippen LogP contribution is 2.28. The minimum absolute atomic E-state index is 0.0719. The number of furan rings is 1. The van der Waals surface area contributed by atoms with Gasteiger partial charge in [0.05, 0.1) is 18.6 Å². The zero-order valence-corrected chi connectivity index (χ0v) is 19.6. The zero-order valence-electron chi connectivity index (χ0n) is 18.8. The molecular weight excluding hydrogens is 420 g/mol. The molecule has 32 heavy (non-hydrogen) atoms. The molecule has 0 radical (unpaired) electrons. The van der Waals surface area contributed by atoms with Crippen molar-refractivity contribution in [1.29, 1.82) is 0 Å². The Hall–Kier alpha value is -2.80. The van der Waals surface area contributed by atoms with Crippen molar-refractivity contribution in [2.75, 3.05) is 5.75 Å². The summed E-state index contributed by atoms with van der Waals surface area (Å²) in [5.74, 6) is 2.04. The van der Waals surface area contributed by atoms with E-state index in [0.29, 0.717) is 12.3 Å². The molecule has 0 N–H and O–H groups in total. The summed E-state index contributed by atoms with van der Waals surface area (Å²) in [6.07, 6.45) is 9.08. The number of aryl methyl sites for hydroxylation is 1. The second-order valence-corrected chi connectivity index (χ2v) is 9.06. The molecule has 0 atom stereocenters. The number of thioether (sulfide) groups is 1. The normalized spacial score (nSPS) is 13.8. The van der Waals surface area contributed by atoms with Crippen LogP contribution in [0.4, 0.5) is 0 Å². The molecular formula is C25H30N4O2S. The standard InChI is InChI=1S/C25H30N4O2S/c1-3-14-28-24(20-10-7-9-19(2)16-20)26-27-25(28)32-18-23(30)29(17-22-13-8-15-31-22)21-11-5-4-6-12-21/h7-11,13,15-16H,3-6,12,14,17-18H2,1-2H3. The number of nitrogens with zero attached hydrogens (tertiary/aromatic N) is 4. The van der Waals surface area contributed by atoms with Crippen LogP contribution in [0.5, 0.6) is 0 Å². The van der Waals surface area contributed by atoms with E-state index in [-0.39, 0.29) is 5.91 Å². The number of benzene rings is 1. The molecule has 3 aromatic rings. The van der Waals surface area contributed by atoms with Crippen molar-refractivity contribution in [3.8, 4) is 11.4 Å². The minimum Gasteiger partial charge on any atom is -0.467 e. The van der Waals surface area contributed by atoms with Crippen molar-refractivity contribution >= 4 is 17.7 Å². The van der Waals surface area contributed by atoms with Crippen LogP contribution >= 0.6 is 11.8 Å². The van der Waals surface area contributed by atoms with E-state index in [2.05, 4.69) is 52.9 Å². The molecule has 0 saturated heterocycles. The van der Waals surface area contributed by atoms with Gasteiger partial charge >= 0.3 is 0 Å². The highest BCUT2D eigenvalue weighted by molar-refractivity contribution is 7.99. The van der Waals surface area contributed by atoms with E-state index in [1.807, 2.05) is 23.1 Å². The van der Waals surface area contributed by atoms with Gasteiger partial charge in [0.25, 0.3) is 0 Å². The van der Waals surface area contributed by atoms with Crippen molar-refractivity contribution in [2.45, 2.75) is 64.2 Å². The van der Waals surface area contributed by atoms with E-state index in [0.717, 1.165) is 60.2 Å². The van der Waals surface area contributed by atoms with Gasteiger partial charge in [-0.25, -0.2) is 0 Å². The number of rotatable bonds is 9. The van der Waals surface area contributed by atoms with Crippen LogP contribution in [0.3, 0.4) is 0 Å². The molecule has 168 valence electrons. The Morgan fingerprint density at radius 3 is 2.84 bits per heavy atom. The molecule has 1 aliphatic carbocycles. The molecule has 7 heteroatoms. The van der Waals surface area contributed by atoms with Gasteiger partial charge in [-0.1, -0.05) is 48.5 Å². The SMILES string of the molecule is CCCn1c(SCC(=O)N(Cc2ccco2)C2=CCCCC2)nnc1-c1cccc(C)c1. The molecule has 1 amide bonds. The topological polar surface area (TPSA) is 64.2 Å². The van der Waals surface area contributed by atoms with E-state index >= 15 is 0 Å². The summed E-state index contributed by atoms with van der Waals surface area (Å²) in [7, 11) is 0. The van der Waals surface area contributed by atoms with E-state index < -0.39 is 0 Å². The summed E-state index contributed by atoms with van der Waals surface area (Å²) < 4.78 is 7.65. The van der Waals surface area contributed by atoms with Gasteiger partial charge in [-0.05, 0) is 57.2 Å². The van der Waals surface area contributed by atoms with Crippen LogP contribution in [0, 0.1) is 6.92 Å². The zero-order chi connectivity index (χ0) is 22.3. The molecule has 0 spiro atoms. The molecule has 0 aliphatic heterocycles. The van der Waals surface area contributed by atoms with E-state index in [1.54, 1.807) is 6.26 Å². The van der Waals surface area contributed by atoms with Crippen LogP contribution in [0.15, 0.2) is 64.0 Å². The highest BCUT2D eigenvalue weighted by atomic mass is 32.2. The Balaban J connectivity index is 1.52. The number of hydrogen-bond acceptors (Lipinski definition) is 5. The van der Waals surface area contributed by atoms with Gasteiger partial charge < -0.3 is 13.9 Å². The Morgan fingerprint density at radius 1 is 1.22 bits per heavy atom. The number of carbonyl (C=O) groups excluding carboxylic acids is 1. The molecule has 0 fully saturated rings. The van der Waals surface area contributed by atoms with Crippen molar-refractivity contribution in [1.82, 2.24) is 19.7 Å². The number of hydrogen-bond donors (Lipinski definition) is 0. The first kappa shape index (κ1) is 22.4. The predicted molar refractivity (Wildman–Crippen MR) is 127 cm³/mol. The monoisotopic (exact) mass is 450 g/mol. The van der Waals surface area contributed by atoms with Crippen molar-refractivity contribution in [3.63, 3.8) is 0 Å². The third-order valence-electron chi connectivity index (χ3n) is 5.57. The van der Waals surface area contributed by atoms with Gasteiger partial charge in [0, 0.05) is 17.8 Å². The Bertz CT molecular complexity index is 1070. The maximum absolute atomic E-state index is 13.3. The highest BCUT2D eigenvalue weighted by Gasteiger charge is 2.22. The molecule has 0 unspecified atom stereocenters. The van der Waals surface area contributed by atoms with Crippen molar-refractivity contribution in [3.05, 3.63) is 65.8 Å². The minimum atomic E-state index is 0.0719. The molecule has 0 bridgehead atoms. The Kier molecular flexibility index (Phi) is 7.47. The fourth-order valence-electron chi connectivity index (χ4n) is 4.00. The number of aromatic nitrogens is 3. The summed E-state index contributed by atoms with van der Waals surface area (Å²) in [6.45, 7) is 5.49. The summed E-state index contributed by atoms with van der Waals surface area (Å²) in [5, 5.41) is 9.68. The van der Waals surface area contributed by atoms with E-state index in [9.17, 15) is 4.79 Å². The van der Waals surface area contributed by atoms with Crippen molar-refractivity contribution < 1.29 is 9.21 Å². The molecule has 1 aliphatic rings. The third kappa shape index (κ3) is 5.33. The molecule has 1 aromatic carbocycles. The number of allylic oxidation sites excluding steroid dienone is 2. The lowest BCUT2D eigenvalue weighted by Crippen LogP contribution is -2.32. The van der Waals surface area contributed by atoms with Crippen LogP contribution in [-0.2, 0) is 17.9 Å². The molecule has 2 aromatic heterocycles. The first-order valence-corrected chi connectivity index (χ1v) is 12.3. The van der Waals surface area contributed by atoms with E-state index in [4.69, 9.17) is 4.42 Å². The lowest BCUT2D eigenvalue weighted by Gasteiger charge is -2.27. The number of amides is 1. The maximum Gasteiger partial charge on any atom is 0.237 e. The van der Waals surface area contributed by atoms with Crippen molar-refractivity contribution in [2.24, 2.45) is 0 Å². The van der Waals surface area contributed by atoms with Gasteiger partial charge in [-0.3, -0.25) is 4.79 Å².